The molecule has 1 aromatic rings. The largest absolute Gasteiger partial charge is 0.508 e. The third-order valence-electron chi connectivity index (χ3n) is 6.24. The Morgan fingerprint density at radius 2 is 1.91 bits per heavy atom. The number of rotatable bonds is 4. The molecule has 0 amide bonds. The molecule has 0 unspecified atom stereocenters. The van der Waals surface area contributed by atoms with Gasteiger partial charge in [0.05, 0.1) is 5.60 Å². The number of hydrogen-bond donors (Lipinski definition) is 2. The van der Waals surface area contributed by atoms with Crippen LogP contribution in [0.25, 0.3) is 0 Å². The zero-order valence-corrected chi connectivity index (χ0v) is 14.1. The second-order valence-electron chi connectivity index (χ2n) is 7.66. The van der Waals surface area contributed by atoms with Crippen LogP contribution in [0, 0.1) is 5.92 Å². The molecule has 122 valence electrons. The van der Waals surface area contributed by atoms with Gasteiger partial charge >= 0.3 is 0 Å². The molecule has 0 aliphatic heterocycles. The maximum atomic E-state index is 10.9. The van der Waals surface area contributed by atoms with Crippen LogP contribution < -0.4 is 0 Å². The number of fused-ring (bicyclic) bond motifs is 3. The van der Waals surface area contributed by atoms with Gasteiger partial charge in [0.1, 0.15) is 5.75 Å². The Bertz CT molecular complexity index is 539. The molecule has 3 atom stereocenters. The van der Waals surface area contributed by atoms with E-state index >= 15 is 0 Å². The summed E-state index contributed by atoms with van der Waals surface area (Å²) in [5.74, 6) is 0.983. The molecule has 2 N–H and O–H groups in total. The molecule has 22 heavy (non-hydrogen) atoms. The van der Waals surface area contributed by atoms with Crippen molar-refractivity contribution in [3.63, 3.8) is 0 Å². The summed E-state index contributed by atoms with van der Waals surface area (Å²) < 4.78 is 0. The number of aryl methyl sites for hydroxylation is 1. The minimum Gasteiger partial charge on any atom is -0.508 e. The van der Waals surface area contributed by atoms with Crippen LogP contribution in [0.5, 0.6) is 5.75 Å². The first-order chi connectivity index (χ1) is 10.5. The number of aliphatic hydroxyl groups is 1. The fourth-order valence-corrected chi connectivity index (χ4v) is 5.35. The maximum absolute atomic E-state index is 10.9. The van der Waals surface area contributed by atoms with E-state index in [9.17, 15) is 10.2 Å². The normalized spacial score (nSPS) is 34.0. The quantitative estimate of drug-likeness (QED) is 0.845. The van der Waals surface area contributed by atoms with Gasteiger partial charge in [0.15, 0.2) is 0 Å². The average molecular weight is 302 g/mol. The second kappa shape index (κ2) is 5.88. The van der Waals surface area contributed by atoms with Crippen molar-refractivity contribution >= 4 is 0 Å². The highest BCUT2D eigenvalue weighted by atomic mass is 16.3. The Hall–Kier alpha value is -1.02. The number of phenols is 1. The lowest BCUT2D eigenvalue weighted by molar-refractivity contribution is -0.0585. The van der Waals surface area contributed by atoms with Crippen LogP contribution in [0.2, 0.25) is 0 Å². The van der Waals surface area contributed by atoms with Gasteiger partial charge in [0, 0.05) is 0 Å². The first kappa shape index (κ1) is 15.9. The lowest BCUT2D eigenvalue weighted by Crippen LogP contribution is -2.50. The predicted molar refractivity (Wildman–Crippen MR) is 90.2 cm³/mol. The monoisotopic (exact) mass is 302 g/mol. The van der Waals surface area contributed by atoms with Crippen LogP contribution in [-0.4, -0.2) is 15.8 Å². The molecule has 1 saturated carbocycles. The summed E-state index contributed by atoms with van der Waals surface area (Å²) in [7, 11) is 0. The van der Waals surface area contributed by atoms with Crippen molar-refractivity contribution in [2.24, 2.45) is 5.92 Å². The summed E-state index contributed by atoms with van der Waals surface area (Å²) in [6.07, 6.45) is 9.58. The molecule has 2 nitrogen and oxygen atoms in total. The van der Waals surface area contributed by atoms with Gasteiger partial charge in [0.2, 0.25) is 0 Å². The average Bonchev–Trinajstić information content (AvgIpc) is 2.48. The Morgan fingerprint density at radius 1 is 1.14 bits per heavy atom. The number of benzene rings is 1. The smallest absolute Gasteiger partial charge is 0.115 e. The predicted octanol–water partition coefficient (Wildman–Crippen LogP) is 4.71. The maximum Gasteiger partial charge on any atom is 0.115 e. The third kappa shape index (κ3) is 2.56. The van der Waals surface area contributed by atoms with Crippen molar-refractivity contribution in [3.05, 3.63) is 29.3 Å². The van der Waals surface area contributed by atoms with Crippen molar-refractivity contribution in [1.82, 2.24) is 0 Å². The van der Waals surface area contributed by atoms with E-state index in [1.165, 1.54) is 24.0 Å². The highest BCUT2D eigenvalue weighted by molar-refractivity contribution is 5.43. The minimum absolute atomic E-state index is 0.232. The molecule has 2 aliphatic carbocycles. The summed E-state index contributed by atoms with van der Waals surface area (Å²) in [5.41, 5.74) is 2.59. The van der Waals surface area contributed by atoms with Crippen molar-refractivity contribution < 1.29 is 10.2 Å². The van der Waals surface area contributed by atoms with E-state index in [1.54, 1.807) is 0 Å². The Balaban J connectivity index is 1.98. The summed E-state index contributed by atoms with van der Waals surface area (Å²) >= 11 is 0. The van der Waals surface area contributed by atoms with Crippen LogP contribution >= 0.6 is 0 Å². The first-order valence-corrected chi connectivity index (χ1v) is 9.08. The molecule has 0 heterocycles. The van der Waals surface area contributed by atoms with Gasteiger partial charge in [-0.1, -0.05) is 32.8 Å². The SMILES string of the molecule is CCC[C@@]1(O)CC[C@@]2(CCC)c3ccc(O)cc3CC[C@@H]2C1. The highest BCUT2D eigenvalue weighted by Crippen LogP contribution is 2.55. The van der Waals surface area contributed by atoms with Crippen molar-refractivity contribution in [3.8, 4) is 5.75 Å². The van der Waals surface area contributed by atoms with Crippen LogP contribution in [-0.2, 0) is 11.8 Å². The van der Waals surface area contributed by atoms with E-state index in [1.807, 2.05) is 12.1 Å². The molecule has 0 radical (unpaired) electrons. The van der Waals surface area contributed by atoms with Crippen LogP contribution in [0.4, 0.5) is 0 Å². The molecule has 0 spiro atoms. The van der Waals surface area contributed by atoms with Crippen molar-refractivity contribution in [2.45, 2.75) is 82.7 Å². The van der Waals surface area contributed by atoms with E-state index in [0.29, 0.717) is 11.7 Å². The van der Waals surface area contributed by atoms with E-state index in [4.69, 9.17) is 0 Å². The molecule has 2 heteroatoms. The summed E-state index contributed by atoms with van der Waals surface area (Å²) in [5, 5.41) is 20.8. The number of aromatic hydroxyl groups is 1. The van der Waals surface area contributed by atoms with Crippen molar-refractivity contribution in [2.75, 3.05) is 0 Å². The molecular weight excluding hydrogens is 272 g/mol. The lowest BCUT2D eigenvalue weighted by atomic mass is 9.52. The fraction of sp³-hybridized carbons (Fsp3) is 0.700. The van der Waals surface area contributed by atoms with Gasteiger partial charge in [-0.25, -0.2) is 0 Å². The third-order valence-corrected chi connectivity index (χ3v) is 6.24. The standard InChI is InChI=1S/C20H30O2/c1-3-9-19(22)11-12-20(10-4-2)16(14-19)6-5-15-13-17(21)7-8-18(15)20/h7-8,13,16,21-22H,3-6,9-12,14H2,1-2H3/t16-,19-,20-/m1/s1. The molecule has 0 aromatic heterocycles. The summed E-state index contributed by atoms with van der Waals surface area (Å²) in [4.78, 5) is 0. The van der Waals surface area contributed by atoms with E-state index in [0.717, 1.165) is 44.9 Å². The first-order valence-electron chi connectivity index (χ1n) is 9.08. The zero-order valence-electron chi connectivity index (χ0n) is 14.1. The molecule has 0 bridgehead atoms. The van der Waals surface area contributed by atoms with Gasteiger partial charge in [-0.05, 0) is 79.5 Å². The highest BCUT2D eigenvalue weighted by Gasteiger charge is 2.50. The lowest BCUT2D eigenvalue weighted by Gasteiger charge is -2.53. The molecule has 0 saturated heterocycles. The molecule has 1 aromatic carbocycles. The van der Waals surface area contributed by atoms with Crippen LogP contribution in [0.3, 0.4) is 0 Å². The molecule has 1 fully saturated rings. The Kier molecular flexibility index (Phi) is 4.24. The van der Waals surface area contributed by atoms with E-state index in [2.05, 4.69) is 19.9 Å². The zero-order chi connectivity index (χ0) is 15.8. The van der Waals surface area contributed by atoms with Crippen LogP contribution in [0.1, 0.15) is 76.3 Å². The summed E-state index contributed by atoms with van der Waals surface area (Å²) in [6, 6.07) is 5.98. The fourth-order valence-electron chi connectivity index (χ4n) is 5.35. The van der Waals surface area contributed by atoms with Gasteiger partial charge in [0.25, 0.3) is 0 Å². The molecule has 3 rings (SSSR count). The van der Waals surface area contributed by atoms with E-state index in [-0.39, 0.29) is 5.41 Å². The van der Waals surface area contributed by atoms with Gasteiger partial charge in [-0.3, -0.25) is 0 Å². The molecule has 2 aliphatic rings. The minimum atomic E-state index is -0.439. The number of hydrogen-bond acceptors (Lipinski definition) is 2. The van der Waals surface area contributed by atoms with Gasteiger partial charge in [-0.2, -0.15) is 0 Å². The Labute approximate surface area is 134 Å². The van der Waals surface area contributed by atoms with Gasteiger partial charge < -0.3 is 10.2 Å². The topological polar surface area (TPSA) is 40.5 Å². The second-order valence-corrected chi connectivity index (χ2v) is 7.66. The van der Waals surface area contributed by atoms with Gasteiger partial charge in [-0.15, -0.1) is 0 Å². The number of phenolic OH excluding ortho intramolecular Hbond substituents is 1. The van der Waals surface area contributed by atoms with Crippen LogP contribution in [0.15, 0.2) is 18.2 Å². The molecular formula is C20H30O2. The van der Waals surface area contributed by atoms with E-state index < -0.39 is 5.60 Å². The van der Waals surface area contributed by atoms with Crippen molar-refractivity contribution in [1.29, 1.82) is 0 Å². The summed E-state index contributed by atoms with van der Waals surface area (Å²) in [6.45, 7) is 4.44. The Morgan fingerprint density at radius 3 is 2.64 bits per heavy atom.